The van der Waals surface area contributed by atoms with Gasteiger partial charge in [-0.1, -0.05) is 43.6 Å². The molecule has 0 unspecified atom stereocenters. The van der Waals surface area contributed by atoms with Gasteiger partial charge in [0, 0.05) is 17.3 Å². The lowest BCUT2D eigenvalue weighted by atomic mass is 10.2. The fourth-order valence-corrected chi connectivity index (χ4v) is 2.81. The molecule has 0 aliphatic carbocycles. The molecule has 0 saturated carbocycles. The van der Waals surface area contributed by atoms with Crippen LogP contribution in [0.15, 0.2) is 54.9 Å². The number of nitrogens with two attached hydrogens (primary N) is 1. The SMILES string of the molecule is CC(C)COC(=O)c1ccc(Nc2ncnc(NCc3ccccc3Cl)c2N)cc1. The Morgan fingerprint density at radius 2 is 1.80 bits per heavy atom. The minimum Gasteiger partial charge on any atom is -0.462 e. The lowest BCUT2D eigenvalue weighted by Gasteiger charge is -2.13. The average Bonchev–Trinajstić information content (AvgIpc) is 2.74. The largest absolute Gasteiger partial charge is 0.462 e. The number of ether oxygens (including phenoxy) is 1. The zero-order valence-electron chi connectivity index (χ0n) is 16.9. The number of nitrogens with zero attached hydrogens (tertiary/aromatic N) is 2. The van der Waals surface area contributed by atoms with Crippen LogP contribution < -0.4 is 16.4 Å². The maximum absolute atomic E-state index is 12.0. The van der Waals surface area contributed by atoms with Gasteiger partial charge in [0.1, 0.15) is 12.0 Å². The Hall–Kier alpha value is -3.32. The summed E-state index contributed by atoms with van der Waals surface area (Å²) in [6.07, 6.45) is 1.42. The second-order valence-corrected chi connectivity index (χ2v) is 7.53. The molecule has 0 saturated heterocycles. The standard InChI is InChI=1S/C22H24ClN5O2/c1-14(2)12-30-22(29)15-7-9-17(10-8-15)28-21-19(24)20(26-13-27-21)25-11-16-5-3-4-6-18(16)23/h3-10,13-14H,11-12,24H2,1-2H3,(H2,25,26,27,28). The molecule has 0 aliphatic heterocycles. The van der Waals surface area contributed by atoms with E-state index in [-0.39, 0.29) is 11.9 Å². The predicted molar refractivity (Wildman–Crippen MR) is 120 cm³/mol. The molecule has 4 N–H and O–H groups in total. The quantitative estimate of drug-likeness (QED) is 0.442. The van der Waals surface area contributed by atoms with E-state index in [1.165, 1.54) is 6.33 Å². The van der Waals surface area contributed by atoms with Gasteiger partial charge >= 0.3 is 5.97 Å². The molecule has 0 amide bonds. The molecule has 0 aliphatic rings. The van der Waals surface area contributed by atoms with Gasteiger partial charge in [-0.3, -0.25) is 0 Å². The topological polar surface area (TPSA) is 102 Å². The molecule has 0 spiro atoms. The number of anilines is 4. The Morgan fingerprint density at radius 3 is 2.50 bits per heavy atom. The number of nitrogen functional groups attached to an aromatic ring is 1. The molecule has 3 aromatic rings. The maximum Gasteiger partial charge on any atom is 0.338 e. The summed E-state index contributed by atoms with van der Waals surface area (Å²) in [4.78, 5) is 20.4. The van der Waals surface area contributed by atoms with E-state index in [0.29, 0.717) is 41.1 Å². The molecule has 1 aromatic heterocycles. The van der Waals surface area contributed by atoms with Gasteiger partial charge in [-0.25, -0.2) is 14.8 Å². The molecule has 30 heavy (non-hydrogen) atoms. The van der Waals surface area contributed by atoms with Crippen molar-refractivity contribution < 1.29 is 9.53 Å². The van der Waals surface area contributed by atoms with Crippen LogP contribution in [-0.4, -0.2) is 22.5 Å². The monoisotopic (exact) mass is 425 g/mol. The molecule has 156 valence electrons. The molecule has 1 heterocycles. The number of benzene rings is 2. The van der Waals surface area contributed by atoms with Gasteiger partial charge in [0.05, 0.1) is 12.2 Å². The van der Waals surface area contributed by atoms with Gasteiger partial charge in [-0.15, -0.1) is 0 Å². The normalized spacial score (nSPS) is 10.7. The van der Waals surface area contributed by atoms with Crippen LogP contribution in [0.4, 0.5) is 23.0 Å². The number of esters is 1. The lowest BCUT2D eigenvalue weighted by molar-refractivity contribution is 0.0459. The smallest absolute Gasteiger partial charge is 0.338 e. The van der Waals surface area contributed by atoms with Crippen LogP contribution in [0.5, 0.6) is 0 Å². The van der Waals surface area contributed by atoms with E-state index in [4.69, 9.17) is 22.1 Å². The summed E-state index contributed by atoms with van der Waals surface area (Å²) in [5.74, 6) is 0.905. The Kier molecular flexibility index (Phi) is 7.08. The van der Waals surface area contributed by atoms with Gasteiger partial charge in [-0.2, -0.15) is 0 Å². The van der Waals surface area contributed by atoms with Crippen LogP contribution in [0, 0.1) is 5.92 Å². The molecule has 0 bridgehead atoms. The van der Waals surface area contributed by atoms with Crippen molar-refractivity contribution >= 4 is 40.6 Å². The molecular formula is C22H24ClN5O2. The van der Waals surface area contributed by atoms with E-state index >= 15 is 0 Å². The van der Waals surface area contributed by atoms with Crippen LogP contribution in [0.1, 0.15) is 29.8 Å². The van der Waals surface area contributed by atoms with E-state index in [9.17, 15) is 4.79 Å². The molecule has 7 nitrogen and oxygen atoms in total. The summed E-state index contributed by atoms with van der Waals surface area (Å²) in [5.41, 5.74) is 8.76. The fourth-order valence-electron chi connectivity index (χ4n) is 2.61. The lowest BCUT2D eigenvalue weighted by Crippen LogP contribution is -2.10. The Labute approximate surface area is 180 Å². The first-order chi connectivity index (χ1) is 14.4. The summed E-state index contributed by atoms with van der Waals surface area (Å²) in [6, 6.07) is 14.5. The molecule has 3 rings (SSSR count). The van der Waals surface area contributed by atoms with Crippen molar-refractivity contribution in [3.05, 3.63) is 71.0 Å². The van der Waals surface area contributed by atoms with Crippen molar-refractivity contribution in [3.8, 4) is 0 Å². The van der Waals surface area contributed by atoms with Crippen LogP contribution in [-0.2, 0) is 11.3 Å². The van der Waals surface area contributed by atoms with Gasteiger partial charge in [0.2, 0.25) is 0 Å². The third kappa shape index (κ3) is 5.61. The first-order valence-corrected chi connectivity index (χ1v) is 9.93. The molecule has 0 fully saturated rings. The molecule has 0 radical (unpaired) electrons. The van der Waals surface area contributed by atoms with Crippen LogP contribution in [0.2, 0.25) is 5.02 Å². The summed E-state index contributed by atoms with van der Waals surface area (Å²) in [6.45, 7) is 4.85. The zero-order valence-corrected chi connectivity index (χ0v) is 17.6. The van der Waals surface area contributed by atoms with E-state index < -0.39 is 0 Å². The van der Waals surface area contributed by atoms with E-state index in [2.05, 4.69) is 20.6 Å². The van der Waals surface area contributed by atoms with Gasteiger partial charge in [-0.05, 0) is 41.8 Å². The van der Waals surface area contributed by atoms with Gasteiger partial charge < -0.3 is 21.1 Å². The molecule has 2 aromatic carbocycles. The highest BCUT2D eigenvalue weighted by molar-refractivity contribution is 6.31. The Morgan fingerprint density at radius 1 is 1.10 bits per heavy atom. The zero-order chi connectivity index (χ0) is 21.5. The molecule has 8 heteroatoms. The van der Waals surface area contributed by atoms with Crippen molar-refractivity contribution in [1.82, 2.24) is 9.97 Å². The summed E-state index contributed by atoms with van der Waals surface area (Å²) >= 11 is 6.19. The number of halogens is 1. The average molecular weight is 426 g/mol. The number of carbonyl (C=O) groups is 1. The van der Waals surface area contributed by atoms with Crippen LogP contribution in [0.3, 0.4) is 0 Å². The number of rotatable bonds is 8. The first-order valence-electron chi connectivity index (χ1n) is 9.56. The van der Waals surface area contributed by atoms with Crippen LogP contribution in [0.25, 0.3) is 0 Å². The van der Waals surface area contributed by atoms with Crippen molar-refractivity contribution in [2.24, 2.45) is 5.92 Å². The highest BCUT2D eigenvalue weighted by atomic mass is 35.5. The number of hydrogen-bond donors (Lipinski definition) is 3. The highest BCUT2D eigenvalue weighted by Gasteiger charge is 2.11. The van der Waals surface area contributed by atoms with Crippen molar-refractivity contribution in [2.75, 3.05) is 23.0 Å². The molecule has 0 atom stereocenters. The van der Waals surface area contributed by atoms with Crippen molar-refractivity contribution in [3.63, 3.8) is 0 Å². The number of carbonyl (C=O) groups excluding carboxylic acids is 1. The number of aromatic nitrogens is 2. The number of hydrogen-bond acceptors (Lipinski definition) is 7. The second-order valence-electron chi connectivity index (χ2n) is 7.12. The highest BCUT2D eigenvalue weighted by Crippen LogP contribution is 2.27. The third-order valence-corrected chi connectivity index (χ3v) is 4.59. The summed E-state index contributed by atoms with van der Waals surface area (Å²) < 4.78 is 5.24. The van der Waals surface area contributed by atoms with E-state index in [0.717, 1.165) is 11.3 Å². The Bertz CT molecular complexity index is 1010. The molecular weight excluding hydrogens is 402 g/mol. The maximum atomic E-state index is 12.0. The first kappa shape index (κ1) is 21.4. The predicted octanol–water partition coefficient (Wildman–Crippen LogP) is 4.88. The van der Waals surface area contributed by atoms with Crippen LogP contribution >= 0.6 is 11.6 Å². The van der Waals surface area contributed by atoms with Gasteiger partial charge in [0.25, 0.3) is 0 Å². The summed E-state index contributed by atoms with van der Waals surface area (Å²) in [5, 5.41) is 7.00. The fraction of sp³-hybridized carbons (Fsp3) is 0.227. The summed E-state index contributed by atoms with van der Waals surface area (Å²) in [7, 11) is 0. The minimum atomic E-state index is -0.345. The van der Waals surface area contributed by atoms with Crippen molar-refractivity contribution in [1.29, 1.82) is 0 Å². The Balaban J connectivity index is 1.66. The second kappa shape index (κ2) is 9.93. The van der Waals surface area contributed by atoms with E-state index in [1.807, 2.05) is 38.1 Å². The van der Waals surface area contributed by atoms with Crippen molar-refractivity contribution in [2.45, 2.75) is 20.4 Å². The van der Waals surface area contributed by atoms with E-state index in [1.54, 1.807) is 24.3 Å². The minimum absolute atomic E-state index is 0.288. The van der Waals surface area contributed by atoms with Gasteiger partial charge in [0.15, 0.2) is 11.6 Å². The number of nitrogens with one attached hydrogen (secondary N) is 2. The third-order valence-electron chi connectivity index (χ3n) is 4.22.